The molecule has 126 valence electrons. The number of aliphatic hydroxyl groups excluding tert-OH is 1. The van der Waals surface area contributed by atoms with Crippen molar-refractivity contribution in [1.82, 2.24) is 4.90 Å². The molecule has 2 atom stereocenters. The van der Waals surface area contributed by atoms with Crippen LogP contribution < -0.4 is 5.32 Å². The van der Waals surface area contributed by atoms with Crippen LogP contribution in [0, 0.1) is 5.41 Å². The van der Waals surface area contributed by atoms with Gasteiger partial charge in [0, 0.05) is 24.2 Å². The number of carbonyl (C=O) groups excluding carboxylic acids is 1. The highest BCUT2D eigenvalue weighted by atomic mass is 16.3. The predicted octanol–water partition coefficient (Wildman–Crippen LogP) is 4.00. The summed E-state index contributed by atoms with van der Waals surface area (Å²) in [6.45, 7) is 1.45. The molecule has 0 radical (unpaired) electrons. The molecule has 1 saturated heterocycles. The Hall–Kier alpha value is -2.07. The van der Waals surface area contributed by atoms with E-state index in [1.807, 2.05) is 35.2 Å². The van der Waals surface area contributed by atoms with Gasteiger partial charge in [0.25, 0.3) is 0 Å². The van der Waals surface area contributed by atoms with E-state index in [2.05, 4.69) is 17.4 Å². The summed E-state index contributed by atoms with van der Waals surface area (Å²) in [5.74, 6) is 0. The van der Waals surface area contributed by atoms with Crippen molar-refractivity contribution in [2.75, 3.05) is 18.4 Å². The minimum absolute atomic E-state index is 0.0524. The standard InChI is InChI=1S/C20H24N2O2/c23-18-7-3-10-20(18)11-4-12-22(14-20)19(24)21-17-9-8-15-5-1-2-6-16(15)13-17/h1-2,5-6,8-9,13,18,23H,3-4,7,10-12,14H2,(H,21,24)/t18-,20-/m1/s1. The van der Waals surface area contributed by atoms with E-state index in [1.165, 1.54) is 5.39 Å². The van der Waals surface area contributed by atoms with Crippen molar-refractivity contribution in [3.8, 4) is 0 Å². The summed E-state index contributed by atoms with van der Waals surface area (Å²) in [7, 11) is 0. The second-order valence-electron chi connectivity index (χ2n) is 7.29. The zero-order valence-electron chi connectivity index (χ0n) is 13.9. The lowest BCUT2D eigenvalue weighted by Gasteiger charge is -2.42. The Morgan fingerprint density at radius 1 is 1.12 bits per heavy atom. The SMILES string of the molecule is O=C(Nc1ccc2ccccc2c1)N1CCC[C@]2(CCC[C@H]2O)C1. The second-order valence-corrected chi connectivity index (χ2v) is 7.29. The molecule has 1 spiro atoms. The molecule has 2 aliphatic rings. The quantitative estimate of drug-likeness (QED) is 0.833. The fourth-order valence-corrected chi connectivity index (χ4v) is 4.40. The van der Waals surface area contributed by atoms with Crippen LogP contribution in [0.2, 0.25) is 0 Å². The Labute approximate surface area is 142 Å². The fourth-order valence-electron chi connectivity index (χ4n) is 4.40. The monoisotopic (exact) mass is 324 g/mol. The van der Waals surface area contributed by atoms with Gasteiger partial charge in [-0.05, 0) is 48.6 Å². The molecule has 2 aromatic carbocycles. The van der Waals surface area contributed by atoms with Crippen molar-refractivity contribution < 1.29 is 9.90 Å². The largest absolute Gasteiger partial charge is 0.392 e. The van der Waals surface area contributed by atoms with Gasteiger partial charge in [-0.25, -0.2) is 4.79 Å². The normalized spacial score (nSPS) is 26.9. The number of urea groups is 1. The zero-order chi connectivity index (χ0) is 16.6. The molecule has 4 rings (SSSR count). The molecule has 24 heavy (non-hydrogen) atoms. The Morgan fingerprint density at radius 2 is 1.92 bits per heavy atom. The average molecular weight is 324 g/mol. The average Bonchev–Trinajstić information content (AvgIpc) is 2.94. The molecule has 2 aromatic rings. The Kier molecular flexibility index (Phi) is 3.93. The number of aliphatic hydroxyl groups is 1. The number of hydrogen-bond acceptors (Lipinski definition) is 2. The molecule has 0 unspecified atom stereocenters. The van der Waals surface area contributed by atoms with Crippen molar-refractivity contribution in [1.29, 1.82) is 0 Å². The molecular formula is C20H24N2O2. The van der Waals surface area contributed by atoms with E-state index in [1.54, 1.807) is 0 Å². The molecule has 2 amide bonds. The van der Waals surface area contributed by atoms with Gasteiger partial charge in [-0.3, -0.25) is 0 Å². The van der Waals surface area contributed by atoms with Crippen LogP contribution in [0.15, 0.2) is 42.5 Å². The Balaban J connectivity index is 1.48. The van der Waals surface area contributed by atoms with Crippen LogP contribution in [0.1, 0.15) is 32.1 Å². The number of rotatable bonds is 1. The maximum Gasteiger partial charge on any atom is 0.321 e. The van der Waals surface area contributed by atoms with Crippen LogP contribution in [0.3, 0.4) is 0 Å². The van der Waals surface area contributed by atoms with Crippen molar-refractivity contribution >= 4 is 22.5 Å². The Morgan fingerprint density at radius 3 is 2.71 bits per heavy atom. The van der Waals surface area contributed by atoms with Crippen molar-refractivity contribution in [2.24, 2.45) is 5.41 Å². The number of piperidine rings is 1. The topological polar surface area (TPSA) is 52.6 Å². The number of fused-ring (bicyclic) bond motifs is 1. The molecule has 1 aliphatic heterocycles. The smallest absolute Gasteiger partial charge is 0.321 e. The highest BCUT2D eigenvalue weighted by molar-refractivity contribution is 5.93. The van der Waals surface area contributed by atoms with E-state index in [4.69, 9.17) is 0 Å². The molecule has 2 fully saturated rings. The number of nitrogens with one attached hydrogen (secondary N) is 1. The highest BCUT2D eigenvalue weighted by Crippen LogP contribution is 2.45. The van der Waals surface area contributed by atoms with Gasteiger partial charge in [0.05, 0.1) is 6.10 Å². The Bertz CT molecular complexity index is 760. The third-order valence-electron chi connectivity index (χ3n) is 5.76. The van der Waals surface area contributed by atoms with E-state index < -0.39 is 0 Å². The van der Waals surface area contributed by atoms with Crippen LogP contribution in [-0.2, 0) is 0 Å². The van der Waals surface area contributed by atoms with Gasteiger partial charge in [0.15, 0.2) is 0 Å². The lowest BCUT2D eigenvalue weighted by Crippen LogP contribution is -2.50. The number of anilines is 1. The van der Waals surface area contributed by atoms with E-state index >= 15 is 0 Å². The van der Waals surface area contributed by atoms with Gasteiger partial charge in [-0.15, -0.1) is 0 Å². The first-order valence-corrected chi connectivity index (χ1v) is 8.89. The summed E-state index contributed by atoms with van der Waals surface area (Å²) in [6.07, 6.45) is 4.74. The van der Waals surface area contributed by atoms with E-state index in [9.17, 15) is 9.90 Å². The van der Waals surface area contributed by atoms with E-state index in [0.29, 0.717) is 6.54 Å². The molecule has 0 bridgehead atoms. The third kappa shape index (κ3) is 2.75. The maximum absolute atomic E-state index is 12.7. The summed E-state index contributed by atoms with van der Waals surface area (Å²) >= 11 is 0. The lowest BCUT2D eigenvalue weighted by atomic mass is 9.77. The van der Waals surface area contributed by atoms with Gasteiger partial charge in [0.1, 0.15) is 0 Å². The highest BCUT2D eigenvalue weighted by Gasteiger charge is 2.45. The number of amides is 2. The molecule has 4 nitrogen and oxygen atoms in total. The fraction of sp³-hybridized carbons (Fsp3) is 0.450. The van der Waals surface area contributed by atoms with Crippen molar-refractivity contribution in [3.05, 3.63) is 42.5 Å². The van der Waals surface area contributed by atoms with Crippen LogP contribution in [0.4, 0.5) is 10.5 Å². The predicted molar refractivity (Wildman–Crippen MR) is 96.1 cm³/mol. The molecular weight excluding hydrogens is 300 g/mol. The van der Waals surface area contributed by atoms with Crippen molar-refractivity contribution in [2.45, 2.75) is 38.2 Å². The second kappa shape index (κ2) is 6.10. The minimum Gasteiger partial charge on any atom is -0.392 e. The van der Waals surface area contributed by atoms with E-state index in [-0.39, 0.29) is 17.6 Å². The first-order valence-electron chi connectivity index (χ1n) is 8.89. The van der Waals surface area contributed by atoms with Gasteiger partial charge in [-0.2, -0.15) is 0 Å². The van der Waals surface area contributed by atoms with E-state index in [0.717, 1.165) is 49.7 Å². The number of benzene rings is 2. The van der Waals surface area contributed by atoms with Crippen LogP contribution in [0.5, 0.6) is 0 Å². The van der Waals surface area contributed by atoms with Crippen molar-refractivity contribution in [3.63, 3.8) is 0 Å². The maximum atomic E-state index is 12.7. The van der Waals surface area contributed by atoms with Gasteiger partial charge < -0.3 is 15.3 Å². The number of hydrogen-bond donors (Lipinski definition) is 2. The zero-order valence-corrected chi connectivity index (χ0v) is 13.9. The molecule has 1 heterocycles. The summed E-state index contributed by atoms with van der Waals surface area (Å²) < 4.78 is 0. The van der Waals surface area contributed by atoms with Crippen LogP contribution in [0.25, 0.3) is 10.8 Å². The molecule has 1 saturated carbocycles. The van der Waals surface area contributed by atoms with Crippen LogP contribution >= 0.6 is 0 Å². The summed E-state index contributed by atoms with van der Waals surface area (Å²) in [4.78, 5) is 14.6. The lowest BCUT2D eigenvalue weighted by molar-refractivity contribution is 0.00400. The first kappa shape index (κ1) is 15.5. The number of likely N-dealkylation sites (tertiary alicyclic amines) is 1. The minimum atomic E-state index is -0.256. The third-order valence-corrected chi connectivity index (χ3v) is 5.76. The molecule has 4 heteroatoms. The summed E-state index contributed by atoms with van der Waals surface area (Å²) in [6, 6.07) is 14.1. The van der Waals surface area contributed by atoms with Gasteiger partial charge >= 0.3 is 6.03 Å². The van der Waals surface area contributed by atoms with Gasteiger partial charge in [0.2, 0.25) is 0 Å². The van der Waals surface area contributed by atoms with Crippen LogP contribution in [-0.4, -0.2) is 35.2 Å². The summed E-state index contributed by atoms with van der Waals surface area (Å²) in [5, 5.41) is 15.7. The van der Waals surface area contributed by atoms with Gasteiger partial charge in [-0.1, -0.05) is 36.8 Å². The number of carbonyl (C=O) groups is 1. The molecule has 0 aromatic heterocycles. The molecule has 1 aliphatic carbocycles. The number of nitrogens with zero attached hydrogens (tertiary/aromatic N) is 1. The molecule has 2 N–H and O–H groups in total. The summed E-state index contributed by atoms with van der Waals surface area (Å²) in [5.41, 5.74) is 0.754. The first-order chi connectivity index (χ1) is 11.7.